The second-order valence-electron chi connectivity index (χ2n) is 4.16. The molecule has 1 N–H and O–H groups in total. The van der Waals surface area contributed by atoms with Gasteiger partial charge in [0.15, 0.2) is 0 Å². The number of carbonyl (C=O) groups excluding carboxylic acids is 1. The quantitative estimate of drug-likeness (QED) is 0.738. The maximum atomic E-state index is 12.3. The first kappa shape index (κ1) is 15.1. The first-order chi connectivity index (χ1) is 8.03. The molecule has 0 aliphatic carbocycles. The third-order valence-corrected chi connectivity index (χ3v) is 2.58. The fourth-order valence-electron chi connectivity index (χ4n) is 1.78. The summed E-state index contributed by atoms with van der Waals surface area (Å²) in [4.78, 5) is 12.0. The van der Waals surface area contributed by atoms with Crippen molar-refractivity contribution in [3.8, 4) is 0 Å². The van der Waals surface area contributed by atoms with E-state index in [9.17, 15) is 31.1 Å². The van der Waals surface area contributed by atoms with Crippen molar-refractivity contribution in [2.24, 2.45) is 5.92 Å². The molecule has 106 valence electrons. The molecule has 1 amide bonds. The Hall–Kier alpha value is -0.990. The van der Waals surface area contributed by atoms with E-state index in [1.54, 1.807) is 6.92 Å². The minimum absolute atomic E-state index is 0.161. The third kappa shape index (κ3) is 3.50. The zero-order chi connectivity index (χ0) is 14.1. The Balaban J connectivity index is 2.90. The molecule has 1 heterocycles. The summed E-state index contributed by atoms with van der Waals surface area (Å²) < 4.78 is 74.0. The minimum Gasteiger partial charge on any atom is -0.339 e. The van der Waals surface area contributed by atoms with E-state index in [4.69, 9.17) is 0 Å². The topological polar surface area (TPSA) is 32.3 Å². The number of alkyl halides is 6. The van der Waals surface area contributed by atoms with Gasteiger partial charge in [-0.05, 0) is 6.92 Å². The molecule has 0 saturated carbocycles. The van der Waals surface area contributed by atoms with Crippen molar-refractivity contribution in [3.63, 3.8) is 0 Å². The van der Waals surface area contributed by atoms with Crippen molar-refractivity contribution >= 4 is 5.91 Å². The largest absolute Gasteiger partial charge is 0.409 e. The molecule has 0 spiro atoms. The average Bonchev–Trinajstić information content (AvgIpc) is 2.12. The Morgan fingerprint density at radius 3 is 2.11 bits per heavy atom. The molecular weight excluding hydrogens is 266 g/mol. The van der Waals surface area contributed by atoms with Gasteiger partial charge in [-0.25, -0.2) is 0 Å². The summed E-state index contributed by atoms with van der Waals surface area (Å²) in [5, 5.41) is 2.83. The Bertz CT molecular complexity index is 299. The van der Waals surface area contributed by atoms with E-state index in [1.807, 2.05) is 0 Å². The van der Waals surface area contributed by atoms with Crippen LogP contribution in [0.1, 0.15) is 6.92 Å². The zero-order valence-electron chi connectivity index (χ0n) is 9.40. The molecule has 0 aromatic heterocycles. The SMILES string of the molecule is C[C@H]1CN(C(=O)C(C(F)(F)F)C(F)(F)F)CCN1. The van der Waals surface area contributed by atoms with Crippen LogP contribution in [-0.2, 0) is 4.79 Å². The number of amides is 1. The van der Waals surface area contributed by atoms with E-state index in [2.05, 4.69) is 5.32 Å². The monoisotopic (exact) mass is 278 g/mol. The van der Waals surface area contributed by atoms with Crippen LogP contribution in [-0.4, -0.2) is 48.8 Å². The fourth-order valence-corrected chi connectivity index (χ4v) is 1.78. The summed E-state index contributed by atoms with van der Waals surface area (Å²) in [5.74, 6) is -5.86. The number of rotatable bonds is 1. The second kappa shape index (κ2) is 4.94. The number of nitrogens with zero attached hydrogens (tertiary/aromatic N) is 1. The third-order valence-electron chi connectivity index (χ3n) is 2.58. The van der Waals surface area contributed by atoms with E-state index in [0.29, 0.717) is 4.90 Å². The molecule has 1 aliphatic heterocycles. The summed E-state index contributed by atoms with van der Waals surface area (Å²) in [7, 11) is 0. The van der Waals surface area contributed by atoms with Crippen molar-refractivity contribution in [3.05, 3.63) is 0 Å². The lowest BCUT2D eigenvalue weighted by Crippen LogP contribution is -2.57. The van der Waals surface area contributed by atoms with Gasteiger partial charge in [0.1, 0.15) is 0 Å². The predicted molar refractivity (Wildman–Crippen MR) is 49.6 cm³/mol. The molecule has 1 saturated heterocycles. The maximum absolute atomic E-state index is 12.3. The molecule has 0 aromatic carbocycles. The molecule has 3 nitrogen and oxygen atoms in total. The van der Waals surface area contributed by atoms with Gasteiger partial charge in [0.2, 0.25) is 11.8 Å². The van der Waals surface area contributed by atoms with Crippen molar-refractivity contribution in [1.82, 2.24) is 10.2 Å². The summed E-state index contributed by atoms with van der Waals surface area (Å²) >= 11 is 0. The van der Waals surface area contributed by atoms with Crippen molar-refractivity contribution in [1.29, 1.82) is 0 Å². The highest BCUT2D eigenvalue weighted by molar-refractivity contribution is 5.80. The van der Waals surface area contributed by atoms with Crippen LogP contribution in [0.2, 0.25) is 0 Å². The summed E-state index contributed by atoms with van der Waals surface area (Å²) in [6.45, 7) is 1.43. The lowest BCUT2D eigenvalue weighted by atomic mass is 10.1. The second-order valence-corrected chi connectivity index (χ2v) is 4.16. The van der Waals surface area contributed by atoms with Crippen LogP contribution in [0.15, 0.2) is 0 Å². The molecule has 0 aromatic rings. The Morgan fingerprint density at radius 2 is 1.72 bits per heavy atom. The number of hydrogen-bond donors (Lipinski definition) is 1. The van der Waals surface area contributed by atoms with Crippen molar-refractivity contribution in [2.75, 3.05) is 19.6 Å². The van der Waals surface area contributed by atoms with Crippen molar-refractivity contribution < 1.29 is 31.1 Å². The first-order valence-corrected chi connectivity index (χ1v) is 5.19. The molecule has 0 bridgehead atoms. The van der Waals surface area contributed by atoms with Crippen LogP contribution < -0.4 is 5.32 Å². The Morgan fingerprint density at radius 1 is 1.22 bits per heavy atom. The lowest BCUT2D eigenvalue weighted by molar-refractivity contribution is -0.277. The van der Waals surface area contributed by atoms with E-state index in [0.717, 1.165) is 0 Å². The van der Waals surface area contributed by atoms with E-state index in [1.165, 1.54) is 0 Å². The molecule has 1 rings (SSSR count). The molecule has 0 unspecified atom stereocenters. The van der Waals surface area contributed by atoms with E-state index >= 15 is 0 Å². The molecule has 18 heavy (non-hydrogen) atoms. The van der Waals surface area contributed by atoms with Crippen LogP contribution in [0.5, 0.6) is 0 Å². The van der Waals surface area contributed by atoms with Crippen LogP contribution >= 0.6 is 0 Å². The highest BCUT2D eigenvalue weighted by atomic mass is 19.4. The molecule has 1 aliphatic rings. The molecule has 9 heteroatoms. The number of halogens is 6. The van der Waals surface area contributed by atoms with Gasteiger partial charge < -0.3 is 10.2 Å². The van der Waals surface area contributed by atoms with Gasteiger partial charge in [-0.15, -0.1) is 0 Å². The number of carbonyl (C=O) groups is 1. The van der Waals surface area contributed by atoms with Gasteiger partial charge in [-0.3, -0.25) is 4.79 Å². The standard InChI is InChI=1S/C9H12F6N2O/c1-5-4-17(3-2-16-5)7(18)6(8(10,11)12)9(13,14)15/h5-6,16H,2-4H2,1H3/t5-/m0/s1. The highest BCUT2D eigenvalue weighted by Gasteiger charge is 2.62. The highest BCUT2D eigenvalue weighted by Crippen LogP contribution is 2.40. The Labute approximate surface area is 99.1 Å². The van der Waals surface area contributed by atoms with Gasteiger partial charge >= 0.3 is 12.4 Å². The van der Waals surface area contributed by atoms with Crippen LogP contribution in [0, 0.1) is 5.92 Å². The smallest absolute Gasteiger partial charge is 0.339 e. The van der Waals surface area contributed by atoms with Gasteiger partial charge in [-0.2, -0.15) is 26.3 Å². The molecule has 0 radical (unpaired) electrons. The number of nitrogens with one attached hydrogen (secondary N) is 1. The summed E-state index contributed by atoms with van der Waals surface area (Å²) in [5.41, 5.74) is 0. The zero-order valence-corrected chi connectivity index (χ0v) is 9.40. The van der Waals surface area contributed by atoms with Crippen molar-refractivity contribution in [2.45, 2.75) is 25.3 Å². The molecular formula is C9H12F6N2O. The first-order valence-electron chi connectivity index (χ1n) is 5.19. The van der Waals surface area contributed by atoms with Crippen LogP contribution in [0.4, 0.5) is 26.3 Å². The maximum Gasteiger partial charge on any atom is 0.409 e. The van der Waals surface area contributed by atoms with Gasteiger partial charge in [-0.1, -0.05) is 0 Å². The number of hydrogen-bond acceptors (Lipinski definition) is 2. The summed E-state index contributed by atoms with van der Waals surface area (Å²) in [6, 6.07) is -0.329. The minimum atomic E-state index is -5.62. The van der Waals surface area contributed by atoms with Gasteiger partial charge in [0.25, 0.3) is 0 Å². The Kier molecular flexibility index (Phi) is 4.14. The van der Waals surface area contributed by atoms with Gasteiger partial charge in [0, 0.05) is 25.7 Å². The number of piperazine rings is 1. The van der Waals surface area contributed by atoms with E-state index < -0.39 is 24.2 Å². The lowest BCUT2D eigenvalue weighted by Gasteiger charge is -2.35. The average molecular weight is 278 g/mol. The normalized spacial score (nSPS) is 22.4. The van der Waals surface area contributed by atoms with Crippen LogP contribution in [0.3, 0.4) is 0 Å². The fraction of sp³-hybridized carbons (Fsp3) is 0.889. The molecule has 1 fully saturated rings. The predicted octanol–water partition coefficient (Wildman–Crippen LogP) is 1.55. The van der Waals surface area contributed by atoms with Gasteiger partial charge in [0.05, 0.1) is 0 Å². The molecule has 1 atom stereocenters. The summed E-state index contributed by atoms with van der Waals surface area (Å²) in [6.07, 6.45) is -11.2. The van der Waals surface area contributed by atoms with E-state index in [-0.39, 0.29) is 25.7 Å². The van der Waals surface area contributed by atoms with Crippen LogP contribution in [0.25, 0.3) is 0 Å².